The standard InChI is InChI=1S/C11H22N2O2/c1-9(2)12-5-4-11(14)13-6-7-15-8-10(13)3/h9-10,12H,4-8H2,1-3H3/t10-/m1/s1. The zero-order chi connectivity index (χ0) is 11.3. The average molecular weight is 214 g/mol. The number of morpholine rings is 1. The zero-order valence-corrected chi connectivity index (χ0v) is 9.95. The average Bonchev–Trinajstić information content (AvgIpc) is 2.17. The Labute approximate surface area is 92.0 Å². The monoisotopic (exact) mass is 214 g/mol. The number of amides is 1. The maximum atomic E-state index is 11.8. The van der Waals surface area contributed by atoms with Gasteiger partial charge in [0, 0.05) is 25.6 Å². The van der Waals surface area contributed by atoms with Crippen molar-refractivity contribution in [2.75, 3.05) is 26.3 Å². The van der Waals surface area contributed by atoms with Crippen molar-refractivity contribution in [2.45, 2.75) is 39.3 Å². The van der Waals surface area contributed by atoms with E-state index in [1.165, 1.54) is 0 Å². The quantitative estimate of drug-likeness (QED) is 0.746. The molecule has 0 aliphatic carbocycles. The summed E-state index contributed by atoms with van der Waals surface area (Å²) in [5, 5.41) is 3.25. The van der Waals surface area contributed by atoms with Crippen molar-refractivity contribution in [3.8, 4) is 0 Å². The molecule has 1 aliphatic heterocycles. The number of ether oxygens (including phenoxy) is 1. The Balaban J connectivity index is 2.26. The molecule has 0 radical (unpaired) electrons. The highest BCUT2D eigenvalue weighted by molar-refractivity contribution is 5.76. The van der Waals surface area contributed by atoms with Crippen LogP contribution >= 0.6 is 0 Å². The first kappa shape index (κ1) is 12.5. The lowest BCUT2D eigenvalue weighted by molar-refractivity contribution is -0.138. The van der Waals surface area contributed by atoms with Gasteiger partial charge in [-0.2, -0.15) is 0 Å². The summed E-state index contributed by atoms with van der Waals surface area (Å²) in [5.74, 6) is 0.235. The SMILES string of the molecule is CC(C)NCCC(=O)N1CCOC[C@H]1C. The van der Waals surface area contributed by atoms with Crippen LogP contribution < -0.4 is 5.32 Å². The molecule has 1 amide bonds. The molecule has 88 valence electrons. The molecule has 15 heavy (non-hydrogen) atoms. The van der Waals surface area contributed by atoms with E-state index >= 15 is 0 Å². The minimum Gasteiger partial charge on any atom is -0.377 e. The molecule has 0 aromatic heterocycles. The van der Waals surface area contributed by atoms with Gasteiger partial charge < -0.3 is 15.0 Å². The molecular formula is C11H22N2O2. The van der Waals surface area contributed by atoms with Gasteiger partial charge in [0.1, 0.15) is 0 Å². The van der Waals surface area contributed by atoms with Crippen LogP contribution in [0.2, 0.25) is 0 Å². The molecule has 0 aromatic carbocycles. The number of hydrogen-bond acceptors (Lipinski definition) is 3. The van der Waals surface area contributed by atoms with E-state index in [-0.39, 0.29) is 11.9 Å². The van der Waals surface area contributed by atoms with Crippen LogP contribution in [0.1, 0.15) is 27.2 Å². The maximum absolute atomic E-state index is 11.8. The Morgan fingerprint density at radius 1 is 1.60 bits per heavy atom. The van der Waals surface area contributed by atoms with Crippen molar-refractivity contribution in [2.24, 2.45) is 0 Å². The van der Waals surface area contributed by atoms with Crippen LogP contribution in [-0.2, 0) is 9.53 Å². The number of hydrogen-bond donors (Lipinski definition) is 1. The van der Waals surface area contributed by atoms with Gasteiger partial charge in [0.25, 0.3) is 0 Å². The van der Waals surface area contributed by atoms with Crippen LogP contribution in [0, 0.1) is 0 Å². The summed E-state index contributed by atoms with van der Waals surface area (Å²) in [5.41, 5.74) is 0. The minimum absolute atomic E-state index is 0.227. The molecule has 1 heterocycles. The second kappa shape index (κ2) is 6.08. The highest BCUT2D eigenvalue weighted by atomic mass is 16.5. The van der Waals surface area contributed by atoms with Gasteiger partial charge in [-0.05, 0) is 6.92 Å². The number of nitrogens with zero attached hydrogens (tertiary/aromatic N) is 1. The second-order valence-electron chi connectivity index (χ2n) is 4.37. The van der Waals surface area contributed by atoms with Gasteiger partial charge in [0.2, 0.25) is 5.91 Å². The molecule has 1 aliphatic rings. The third kappa shape index (κ3) is 4.18. The fourth-order valence-corrected chi connectivity index (χ4v) is 1.71. The summed E-state index contributed by atoms with van der Waals surface area (Å²) in [7, 11) is 0. The Morgan fingerprint density at radius 3 is 2.93 bits per heavy atom. The predicted octanol–water partition coefficient (Wildman–Crippen LogP) is 0.622. The van der Waals surface area contributed by atoms with Crippen molar-refractivity contribution in [1.82, 2.24) is 10.2 Å². The smallest absolute Gasteiger partial charge is 0.224 e. The summed E-state index contributed by atoms with van der Waals surface area (Å²) in [6.07, 6.45) is 0.586. The topological polar surface area (TPSA) is 41.6 Å². The third-order valence-electron chi connectivity index (χ3n) is 2.58. The Bertz CT molecular complexity index is 207. The van der Waals surface area contributed by atoms with Crippen LogP contribution in [0.25, 0.3) is 0 Å². The van der Waals surface area contributed by atoms with E-state index < -0.39 is 0 Å². The molecule has 0 bridgehead atoms. The maximum Gasteiger partial charge on any atom is 0.224 e. The van der Waals surface area contributed by atoms with Gasteiger partial charge in [0.15, 0.2) is 0 Å². The van der Waals surface area contributed by atoms with Gasteiger partial charge in [-0.25, -0.2) is 0 Å². The molecule has 0 saturated carbocycles. The van der Waals surface area contributed by atoms with E-state index in [9.17, 15) is 4.79 Å². The zero-order valence-electron chi connectivity index (χ0n) is 9.95. The van der Waals surface area contributed by atoms with Crippen LogP contribution in [0.4, 0.5) is 0 Å². The summed E-state index contributed by atoms with van der Waals surface area (Å²) in [6, 6.07) is 0.671. The fourth-order valence-electron chi connectivity index (χ4n) is 1.71. The molecule has 1 N–H and O–H groups in total. The lowest BCUT2D eigenvalue weighted by Crippen LogP contribution is -2.47. The molecule has 1 atom stereocenters. The van der Waals surface area contributed by atoms with Crippen molar-refractivity contribution in [3.05, 3.63) is 0 Å². The summed E-state index contributed by atoms with van der Waals surface area (Å²) in [4.78, 5) is 13.7. The molecule has 1 saturated heterocycles. The van der Waals surface area contributed by atoms with Crippen LogP contribution in [0.15, 0.2) is 0 Å². The molecule has 4 heteroatoms. The normalized spacial score (nSPS) is 22.1. The van der Waals surface area contributed by atoms with Crippen LogP contribution in [-0.4, -0.2) is 49.2 Å². The highest BCUT2D eigenvalue weighted by Crippen LogP contribution is 2.07. The second-order valence-corrected chi connectivity index (χ2v) is 4.37. The Hall–Kier alpha value is -0.610. The van der Waals surface area contributed by atoms with E-state index in [0.29, 0.717) is 25.7 Å². The van der Waals surface area contributed by atoms with Crippen molar-refractivity contribution < 1.29 is 9.53 Å². The molecule has 1 rings (SSSR count). The molecule has 0 spiro atoms. The van der Waals surface area contributed by atoms with E-state index in [1.807, 2.05) is 11.8 Å². The molecule has 1 fully saturated rings. The van der Waals surface area contributed by atoms with Crippen molar-refractivity contribution >= 4 is 5.91 Å². The first-order valence-corrected chi connectivity index (χ1v) is 5.72. The first-order valence-electron chi connectivity index (χ1n) is 5.72. The van der Waals surface area contributed by atoms with E-state index in [2.05, 4.69) is 19.2 Å². The van der Waals surface area contributed by atoms with Gasteiger partial charge in [0.05, 0.1) is 19.3 Å². The van der Waals surface area contributed by atoms with Gasteiger partial charge in [-0.1, -0.05) is 13.8 Å². The predicted molar refractivity (Wildman–Crippen MR) is 59.7 cm³/mol. The van der Waals surface area contributed by atoms with Crippen LogP contribution in [0.5, 0.6) is 0 Å². The fraction of sp³-hybridized carbons (Fsp3) is 0.909. The van der Waals surface area contributed by atoms with E-state index in [1.54, 1.807) is 0 Å². The summed E-state index contributed by atoms with van der Waals surface area (Å²) >= 11 is 0. The summed E-state index contributed by atoms with van der Waals surface area (Å²) < 4.78 is 5.30. The lowest BCUT2D eigenvalue weighted by Gasteiger charge is -2.33. The molecule has 0 unspecified atom stereocenters. The number of carbonyl (C=O) groups is 1. The van der Waals surface area contributed by atoms with Crippen molar-refractivity contribution in [3.63, 3.8) is 0 Å². The summed E-state index contributed by atoms with van der Waals surface area (Å²) in [6.45, 7) is 9.05. The largest absolute Gasteiger partial charge is 0.377 e. The number of carbonyl (C=O) groups excluding carboxylic acids is 1. The van der Waals surface area contributed by atoms with Gasteiger partial charge in [-0.15, -0.1) is 0 Å². The third-order valence-corrected chi connectivity index (χ3v) is 2.58. The van der Waals surface area contributed by atoms with Crippen LogP contribution in [0.3, 0.4) is 0 Å². The van der Waals surface area contributed by atoms with Gasteiger partial charge >= 0.3 is 0 Å². The van der Waals surface area contributed by atoms with Gasteiger partial charge in [-0.3, -0.25) is 4.79 Å². The van der Waals surface area contributed by atoms with E-state index in [4.69, 9.17) is 4.74 Å². The Morgan fingerprint density at radius 2 is 2.33 bits per heavy atom. The molecule has 4 nitrogen and oxygen atoms in total. The number of rotatable bonds is 4. The highest BCUT2D eigenvalue weighted by Gasteiger charge is 2.22. The molecule has 0 aromatic rings. The van der Waals surface area contributed by atoms with Crippen molar-refractivity contribution in [1.29, 1.82) is 0 Å². The van der Waals surface area contributed by atoms with E-state index in [0.717, 1.165) is 13.1 Å². The number of nitrogens with one attached hydrogen (secondary N) is 1. The lowest BCUT2D eigenvalue weighted by atomic mass is 10.2. The minimum atomic E-state index is 0.227. The first-order chi connectivity index (χ1) is 7.11. The molecular weight excluding hydrogens is 192 g/mol. The Kier molecular flexibility index (Phi) is 5.05.